The van der Waals surface area contributed by atoms with Crippen molar-refractivity contribution < 1.29 is 4.39 Å². The highest BCUT2D eigenvalue weighted by Gasteiger charge is 2.28. The maximum atomic E-state index is 13.6. The molecule has 0 bridgehead atoms. The van der Waals surface area contributed by atoms with Crippen molar-refractivity contribution in [2.24, 2.45) is 5.92 Å². The van der Waals surface area contributed by atoms with Crippen molar-refractivity contribution >= 4 is 5.69 Å². The molecule has 0 spiro atoms. The van der Waals surface area contributed by atoms with Crippen LogP contribution >= 0.6 is 0 Å². The van der Waals surface area contributed by atoms with Crippen LogP contribution in [0.15, 0.2) is 18.2 Å². The number of anilines is 1. The third-order valence-corrected chi connectivity index (χ3v) is 4.82. The van der Waals surface area contributed by atoms with E-state index in [0.29, 0.717) is 6.04 Å². The zero-order valence-electron chi connectivity index (χ0n) is 12.4. The highest BCUT2D eigenvalue weighted by molar-refractivity contribution is 5.49. The molecule has 1 saturated heterocycles. The van der Waals surface area contributed by atoms with Gasteiger partial charge in [-0.3, -0.25) is 0 Å². The Morgan fingerprint density at radius 2 is 1.95 bits per heavy atom. The van der Waals surface area contributed by atoms with E-state index >= 15 is 0 Å². The van der Waals surface area contributed by atoms with Gasteiger partial charge in [0, 0.05) is 31.4 Å². The predicted molar refractivity (Wildman–Crippen MR) is 81.7 cm³/mol. The van der Waals surface area contributed by atoms with Gasteiger partial charge in [0.2, 0.25) is 0 Å². The molecule has 0 aromatic heterocycles. The summed E-state index contributed by atoms with van der Waals surface area (Å²) in [5.74, 6) is 0.689. The maximum Gasteiger partial charge on any atom is 0.125 e. The van der Waals surface area contributed by atoms with Crippen LogP contribution in [0.25, 0.3) is 0 Å². The van der Waals surface area contributed by atoms with Gasteiger partial charge in [-0.05, 0) is 49.4 Å². The number of aryl methyl sites for hydroxylation is 1. The third-order valence-electron chi connectivity index (χ3n) is 4.82. The van der Waals surface area contributed by atoms with Gasteiger partial charge in [-0.1, -0.05) is 19.3 Å². The molecule has 0 radical (unpaired) electrons. The smallest absolute Gasteiger partial charge is 0.125 e. The molecule has 110 valence electrons. The molecule has 1 aliphatic carbocycles. The number of nitrogens with one attached hydrogen (secondary N) is 1. The minimum atomic E-state index is -0.118. The summed E-state index contributed by atoms with van der Waals surface area (Å²) in [6.07, 6.45) is 6.86. The van der Waals surface area contributed by atoms with Gasteiger partial charge in [0.05, 0.1) is 0 Å². The summed E-state index contributed by atoms with van der Waals surface area (Å²) in [7, 11) is 0. The van der Waals surface area contributed by atoms with Gasteiger partial charge < -0.3 is 10.2 Å². The number of rotatable bonds is 2. The second-order valence-electron chi connectivity index (χ2n) is 6.39. The predicted octanol–water partition coefficient (Wildman–Crippen LogP) is 3.49. The Bertz CT molecular complexity index is 434. The lowest BCUT2D eigenvalue weighted by molar-refractivity contribution is 0.257. The lowest BCUT2D eigenvalue weighted by Crippen LogP contribution is -2.54. The van der Waals surface area contributed by atoms with E-state index in [1.165, 1.54) is 32.1 Å². The van der Waals surface area contributed by atoms with Crippen molar-refractivity contribution in [3.63, 3.8) is 0 Å². The minimum absolute atomic E-state index is 0.118. The fraction of sp³-hybridized carbons (Fsp3) is 0.647. The molecule has 1 heterocycles. The molecule has 1 unspecified atom stereocenters. The molecule has 1 saturated carbocycles. The fourth-order valence-electron chi connectivity index (χ4n) is 3.76. The van der Waals surface area contributed by atoms with Crippen LogP contribution in [0.4, 0.5) is 10.1 Å². The number of piperazine rings is 1. The summed E-state index contributed by atoms with van der Waals surface area (Å²) in [6, 6.07) is 5.96. The topological polar surface area (TPSA) is 15.3 Å². The molecular formula is C17H25FN2. The molecule has 1 N–H and O–H groups in total. The average Bonchev–Trinajstić information content (AvgIpc) is 2.47. The van der Waals surface area contributed by atoms with Crippen LogP contribution in [0.1, 0.15) is 37.7 Å². The quantitative estimate of drug-likeness (QED) is 0.889. The molecule has 1 aromatic rings. The second-order valence-corrected chi connectivity index (χ2v) is 6.39. The van der Waals surface area contributed by atoms with Crippen molar-refractivity contribution in [3.8, 4) is 0 Å². The van der Waals surface area contributed by atoms with E-state index in [2.05, 4.69) is 16.3 Å². The first-order valence-electron chi connectivity index (χ1n) is 7.98. The van der Waals surface area contributed by atoms with Crippen LogP contribution in [0.3, 0.4) is 0 Å². The standard InChI is InChI=1S/C17H25FN2/c1-13-9-15(18)11-16(10-13)20-8-7-19-17(12-20)14-5-3-2-4-6-14/h9-11,14,17,19H,2-8,12H2,1H3. The van der Waals surface area contributed by atoms with Crippen molar-refractivity contribution in [2.75, 3.05) is 24.5 Å². The normalized spacial score (nSPS) is 24.9. The van der Waals surface area contributed by atoms with Crippen LogP contribution in [0.5, 0.6) is 0 Å². The summed E-state index contributed by atoms with van der Waals surface area (Å²) in [4.78, 5) is 2.35. The van der Waals surface area contributed by atoms with Crippen LogP contribution in [0.2, 0.25) is 0 Å². The Kier molecular flexibility index (Phi) is 4.25. The van der Waals surface area contributed by atoms with E-state index in [-0.39, 0.29) is 5.82 Å². The Morgan fingerprint density at radius 3 is 2.70 bits per heavy atom. The largest absolute Gasteiger partial charge is 0.369 e. The van der Waals surface area contributed by atoms with Gasteiger partial charge >= 0.3 is 0 Å². The Morgan fingerprint density at radius 1 is 1.15 bits per heavy atom. The minimum Gasteiger partial charge on any atom is -0.369 e. The van der Waals surface area contributed by atoms with E-state index in [4.69, 9.17) is 0 Å². The SMILES string of the molecule is Cc1cc(F)cc(N2CCNC(C3CCCCC3)C2)c1. The lowest BCUT2D eigenvalue weighted by atomic mass is 9.83. The Labute approximate surface area is 121 Å². The molecule has 2 aliphatic rings. The highest BCUT2D eigenvalue weighted by Crippen LogP contribution is 2.29. The molecule has 3 heteroatoms. The Balaban J connectivity index is 1.70. The van der Waals surface area contributed by atoms with Crippen molar-refractivity contribution in [2.45, 2.75) is 45.1 Å². The van der Waals surface area contributed by atoms with Gasteiger partial charge in [-0.2, -0.15) is 0 Å². The summed E-state index contributed by atoms with van der Waals surface area (Å²) >= 11 is 0. The van der Waals surface area contributed by atoms with Crippen LogP contribution in [-0.4, -0.2) is 25.7 Å². The molecule has 1 aliphatic heterocycles. The van der Waals surface area contributed by atoms with Gasteiger partial charge in [0.1, 0.15) is 5.82 Å². The molecule has 1 atom stereocenters. The number of halogens is 1. The lowest BCUT2D eigenvalue weighted by Gasteiger charge is -2.40. The molecule has 2 fully saturated rings. The third kappa shape index (κ3) is 3.14. The zero-order valence-corrected chi connectivity index (χ0v) is 12.4. The molecule has 2 nitrogen and oxygen atoms in total. The van der Waals surface area contributed by atoms with Gasteiger partial charge in [-0.15, -0.1) is 0 Å². The first kappa shape index (κ1) is 13.9. The molecular weight excluding hydrogens is 251 g/mol. The van der Waals surface area contributed by atoms with Crippen molar-refractivity contribution in [3.05, 3.63) is 29.6 Å². The number of hydrogen-bond donors (Lipinski definition) is 1. The van der Waals surface area contributed by atoms with E-state index in [0.717, 1.165) is 36.8 Å². The summed E-state index contributed by atoms with van der Waals surface area (Å²) in [5, 5.41) is 3.68. The molecule has 1 aromatic carbocycles. The van der Waals surface area contributed by atoms with E-state index in [1.54, 1.807) is 12.1 Å². The van der Waals surface area contributed by atoms with E-state index in [1.807, 2.05) is 6.92 Å². The van der Waals surface area contributed by atoms with Gasteiger partial charge in [0.25, 0.3) is 0 Å². The highest BCUT2D eigenvalue weighted by atomic mass is 19.1. The molecule has 20 heavy (non-hydrogen) atoms. The Hall–Kier alpha value is -1.09. The maximum absolute atomic E-state index is 13.6. The van der Waals surface area contributed by atoms with Gasteiger partial charge in [0.15, 0.2) is 0 Å². The van der Waals surface area contributed by atoms with Crippen LogP contribution in [-0.2, 0) is 0 Å². The zero-order chi connectivity index (χ0) is 13.9. The monoisotopic (exact) mass is 276 g/mol. The van der Waals surface area contributed by atoms with E-state index < -0.39 is 0 Å². The first-order chi connectivity index (χ1) is 9.72. The van der Waals surface area contributed by atoms with Crippen LogP contribution in [0, 0.1) is 18.7 Å². The summed E-state index contributed by atoms with van der Waals surface area (Å²) < 4.78 is 13.6. The fourth-order valence-corrected chi connectivity index (χ4v) is 3.76. The molecule has 3 rings (SSSR count). The molecule has 0 amide bonds. The van der Waals surface area contributed by atoms with Crippen LogP contribution < -0.4 is 10.2 Å². The average molecular weight is 276 g/mol. The van der Waals surface area contributed by atoms with Crippen molar-refractivity contribution in [1.29, 1.82) is 0 Å². The number of benzene rings is 1. The summed E-state index contributed by atoms with van der Waals surface area (Å²) in [5.41, 5.74) is 2.05. The van der Waals surface area contributed by atoms with Crippen molar-refractivity contribution in [1.82, 2.24) is 5.32 Å². The number of nitrogens with zero attached hydrogens (tertiary/aromatic N) is 1. The number of hydrogen-bond acceptors (Lipinski definition) is 2. The first-order valence-corrected chi connectivity index (χ1v) is 7.98. The van der Waals surface area contributed by atoms with Gasteiger partial charge in [-0.25, -0.2) is 4.39 Å². The van der Waals surface area contributed by atoms with E-state index in [9.17, 15) is 4.39 Å². The second kappa shape index (κ2) is 6.13. The summed E-state index contributed by atoms with van der Waals surface area (Å²) in [6.45, 7) is 4.98.